The van der Waals surface area contributed by atoms with Crippen LogP contribution in [0.5, 0.6) is 5.75 Å². The van der Waals surface area contributed by atoms with Gasteiger partial charge < -0.3 is 15.0 Å². The normalized spacial score (nSPS) is 12.2. The third kappa shape index (κ3) is 2.97. The van der Waals surface area contributed by atoms with Crippen molar-refractivity contribution in [2.24, 2.45) is 5.73 Å². The summed E-state index contributed by atoms with van der Waals surface area (Å²) in [6.07, 6.45) is 3.83. The fraction of sp³-hybridized carbons (Fsp3) is 0.286. The first kappa shape index (κ1) is 14.1. The number of aromatic nitrogens is 1. The number of nitro benzene ring substituents is 1. The van der Waals surface area contributed by atoms with E-state index in [0.29, 0.717) is 12.3 Å². The topological polar surface area (TPSA) is 83.3 Å². The lowest BCUT2D eigenvalue weighted by Crippen LogP contribution is -2.04. The van der Waals surface area contributed by atoms with E-state index in [1.165, 1.54) is 12.1 Å². The van der Waals surface area contributed by atoms with Gasteiger partial charge in [-0.3, -0.25) is 10.1 Å². The molecule has 0 fully saturated rings. The Bertz CT molecular complexity index is 620. The zero-order valence-electron chi connectivity index (χ0n) is 11.4. The molecule has 1 atom stereocenters. The minimum absolute atomic E-state index is 0.0387. The molecule has 0 amide bonds. The van der Waals surface area contributed by atoms with Crippen LogP contribution in [0.4, 0.5) is 5.69 Å². The van der Waals surface area contributed by atoms with Gasteiger partial charge >= 0.3 is 0 Å². The van der Waals surface area contributed by atoms with Gasteiger partial charge in [0.15, 0.2) is 0 Å². The van der Waals surface area contributed by atoms with Gasteiger partial charge in [-0.05, 0) is 24.6 Å². The van der Waals surface area contributed by atoms with Gasteiger partial charge in [-0.2, -0.15) is 0 Å². The Labute approximate surface area is 116 Å². The largest absolute Gasteiger partial charge is 0.496 e. The smallest absolute Gasteiger partial charge is 0.270 e. The van der Waals surface area contributed by atoms with Gasteiger partial charge in [0, 0.05) is 36.1 Å². The maximum absolute atomic E-state index is 10.8. The van der Waals surface area contributed by atoms with Gasteiger partial charge in [0.1, 0.15) is 5.75 Å². The molecular weight excluding hydrogens is 258 g/mol. The monoisotopic (exact) mass is 275 g/mol. The van der Waals surface area contributed by atoms with Crippen molar-refractivity contribution >= 4 is 5.69 Å². The Morgan fingerprint density at radius 3 is 2.75 bits per heavy atom. The first-order chi connectivity index (χ1) is 9.51. The third-order valence-corrected chi connectivity index (χ3v) is 3.13. The van der Waals surface area contributed by atoms with E-state index in [2.05, 4.69) is 0 Å². The zero-order valence-corrected chi connectivity index (χ0v) is 11.4. The lowest BCUT2D eigenvalue weighted by atomic mass is 10.1. The fourth-order valence-corrected chi connectivity index (χ4v) is 2.03. The molecule has 0 bridgehead atoms. The maximum atomic E-state index is 10.8. The standard InChI is InChI=1S/C14H17N3O3/c1-10(15)11-5-6-16(8-11)9-12-7-13(17(18)19)3-4-14(12)20-2/h3-8,10H,9,15H2,1-2H3. The number of nitro groups is 1. The van der Waals surface area contributed by atoms with Crippen LogP contribution in [-0.2, 0) is 6.54 Å². The first-order valence-corrected chi connectivity index (χ1v) is 6.24. The van der Waals surface area contributed by atoms with Gasteiger partial charge in [-0.25, -0.2) is 0 Å². The summed E-state index contributed by atoms with van der Waals surface area (Å²) in [5, 5.41) is 10.8. The lowest BCUT2D eigenvalue weighted by molar-refractivity contribution is -0.384. The second-order valence-electron chi connectivity index (χ2n) is 4.66. The van der Waals surface area contributed by atoms with Crippen LogP contribution in [0, 0.1) is 10.1 Å². The molecule has 2 N–H and O–H groups in total. The van der Waals surface area contributed by atoms with Crippen molar-refractivity contribution in [2.75, 3.05) is 7.11 Å². The van der Waals surface area contributed by atoms with Crippen LogP contribution in [0.25, 0.3) is 0 Å². The van der Waals surface area contributed by atoms with Gasteiger partial charge in [-0.15, -0.1) is 0 Å². The average molecular weight is 275 g/mol. The summed E-state index contributed by atoms with van der Waals surface area (Å²) < 4.78 is 7.18. The van der Waals surface area contributed by atoms with E-state index in [-0.39, 0.29) is 11.7 Å². The number of hydrogen-bond donors (Lipinski definition) is 1. The molecule has 106 valence electrons. The van der Waals surface area contributed by atoms with Crippen LogP contribution in [0.1, 0.15) is 24.1 Å². The number of nitrogens with two attached hydrogens (primary N) is 1. The predicted octanol–water partition coefficient (Wildman–Crippen LogP) is 2.47. The molecule has 6 heteroatoms. The highest BCUT2D eigenvalue weighted by Crippen LogP contribution is 2.25. The van der Waals surface area contributed by atoms with Crippen molar-refractivity contribution in [3.63, 3.8) is 0 Å². The molecule has 1 unspecified atom stereocenters. The second kappa shape index (κ2) is 5.75. The quantitative estimate of drug-likeness (QED) is 0.671. The molecule has 2 rings (SSSR count). The summed E-state index contributed by atoms with van der Waals surface area (Å²) >= 11 is 0. The van der Waals surface area contributed by atoms with E-state index in [1.54, 1.807) is 13.2 Å². The number of ether oxygens (including phenoxy) is 1. The molecule has 2 aromatic rings. The number of nitrogens with zero attached hydrogens (tertiary/aromatic N) is 2. The number of benzene rings is 1. The van der Waals surface area contributed by atoms with Crippen molar-refractivity contribution < 1.29 is 9.66 Å². The van der Waals surface area contributed by atoms with Crippen LogP contribution in [0.2, 0.25) is 0 Å². The second-order valence-corrected chi connectivity index (χ2v) is 4.66. The highest BCUT2D eigenvalue weighted by atomic mass is 16.6. The molecule has 0 radical (unpaired) electrons. The maximum Gasteiger partial charge on any atom is 0.270 e. The molecule has 0 aliphatic carbocycles. The SMILES string of the molecule is COc1ccc([N+](=O)[O-])cc1Cn1ccc(C(C)N)c1. The Balaban J connectivity index is 2.30. The molecule has 0 aliphatic rings. The van der Waals surface area contributed by atoms with Crippen molar-refractivity contribution in [3.05, 3.63) is 57.9 Å². The summed E-state index contributed by atoms with van der Waals surface area (Å²) in [7, 11) is 1.55. The molecule has 0 aliphatic heterocycles. The van der Waals surface area contributed by atoms with E-state index >= 15 is 0 Å². The van der Waals surface area contributed by atoms with Gasteiger partial charge in [0.2, 0.25) is 0 Å². The summed E-state index contributed by atoms with van der Waals surface area (Å²) in [5.41, 5.74) is 7.65. The number of hydrogen-bond acceptors (Lipinski definition) is 4. The van der Waals surface area contributed by atoms with E-state index in [9.17, 15) is 10.1 Å². The highest BCUT2D eigenvalue weighted by molar-refractivity contribution is 5.44. The van der Waals surface area contributed by atoms with Crippen LogP contribution >= 0.6 is 0 Å². The van der Waals surface area contributed by atoms with E-state index in [0.717, 1.165) is 11.1 Å². The van der Waals surface area contributed by atoms with Crippen molar-refractivity contribution in [3.8, 4) is 5.75 Å². The minimum atomic E-state index is -0.411. The molecule has 0 spiro atoms. The third-order valence-electron chi connectivity index (χ3n) is 3.13. The number of non-ortho nitro benzene ring substituents is 1. The molecule has 1 heterocycles. The predicted molar refractivity (Wildman–Crippen MR) is 75.8 cm³/mol. The molecule has 1 aromatic carbocycles. The van der Waals surface area contributed by atoms with Crippen LogP contribution in [-0.4, -0.2) is 16.6 Å². The summed E-state index contributed by atoms with van der Waals surface area (Å²) in [6.45, 7) is 2.41. The van der Waals surface area contributed by atoms with Crippen molar-refractivity contribution in [2.45, 2.75) is 19.5 Å². The summed E-state index contributed by atoms with van der Waals surface area (Å²) in [6, 6.07) is 6.48. The van der Waals surface area contributed by atoms with E-state index in [1.807, 2.05) is 30.0 Å². The molecule has 20 heavy (non-hydrogen) atoms. The zero-order chi connectivity index (χ0) is 14.7. The first-order valence-electron chi connectivity index (χ1n) is 6.24. The van der Waals surface area contributed by atoms with Crippen LogP contribution in [0.3, 0.4) is 0 Å². The number of rotatable bonds is 5. The van der Waals surface area contributed by atoms with Crippen molar-refractivity contribution in [1.82, 2.24) is 4.57 Å². The van der Waals surface area contributed by atoms with Gasteiger partial charge in [0.25, 0.3) is 5.69 Å². The van der Waals surface area contributed by atoms with E-state index < -0.39 is 4.92 Å². The van der Waals surface area contributed by atoms with Crippen LogP contribution in [0.15, 0.2) is 36.7 Å². The van der Waals surface area contributed by atoms with E-state index in [4.69, 9.17) is 10.5 Å². The molecule has 1 aromatic heterocycles. The average Bonchev–Trinajstić information content (AvgIpc) is 2.87. The molecular formula is C14H17N3O3. The van der Waals surface area contributed by atoms with Gasteiger partial charge in [-0.1, -0.05) is 0 Å². The Morgan fingerprint density at radius 1 is 1.45 bits per heavy atom. The molecule has 0 saturated carbocycles. The number of methoxy groups -OCH3 is 1. The highest BCUT2D eigenvalue weighted by Gasteiger charge is 2.12. The summed E-state index contributed by atoms with van der Waals surface area (Å²) in [4.78, 5) is 10.4. The minimum Gasteiger partial charge on any atom is -0.496 e. The Kier molecular flexibility index (Phi) is 4.05. The Morgan fingerprint density at radius 2 is 2.20 bits per heavy atom. The Hall–Kier alpha value is -2.34. The lowest BCUT2D eigenvalue weighted by Gasteiger charge is -2.09. The summed E-state index contributed by atoms with van der Waals surface area (Å²) in [5.74, 6) is 0.631. The van der Waals surface area contributed by atoms with Crippen molar-refractivity contribution in [1.29, 1.82) is 0 Å². The molecule has 6 nitrogen and oxygen atoms in total. The fourth-order valence-electron chi connectivity index (χ4n) is 2.03. The molecule has 0 saturated heterocycles. The van der Waals surface area contributed by atoms with Crippen LogP contribution < -0.4 is 10.5 Å². The van der Waals surface area contributed by atoms with Gasteiger partial charge in [0.05, 0.1) is 18.6 Å².